The van der Waals surface area contributed by atoms with Gasteiger partial charge in [0.1, 0.15) is 0 Å². The topological polar surface area (TPSA) is 63.2 Å². The van der Waals surface area contributed by atoms with Gasteiger partial charge in [-0.15, -0.1) is 0 Å². The van der Waals surface area contributed by atoms with E-state index in [-0.39, 0.29) is 17.1 Å². The fraction of sp³-hybridized carbons (Fsp3) is 0.909. The molecule has 0 aromatic heterocycles. The molecule has 0 bridgehead atoms. The van der Waals surface area contributed by atoms with Crippen molar-refractivity contribution in [3.63, 3.8) is 0 Å². The van der Waals surface area contributed by atoms with E-state index in [9.17, 15) is 13.2 Å². The van der Waals surface area contributed by atoms with Crippen LogP contribution in [0.5, 0.6) is 0 Å². The van der Waals surface area contributed by atoms with E-state index in [1.54, 1.807) is 0 Å². The minimum atomic E-state index is -3.41. The molecule has 5 heteroatoms. The molecule has 0 heterocycles. The minimum Gasteiger partial charge on any atom is -0.274 e. The van der Waals surface area contributed by atoms with Crippen molar-refractivity contribution in [2.75, 3.05) is 0 Å². The van der Waals surface area contributed by atoms with Crippen molar-refractivity contribution in [3.05, 3.63) is 0 Å². The summed E-state index contributed by atoms with van der Waals surface area (Å²) in [6, 6.07) is 0. The maximum absolute atomic E-state index is 11.9. The fourth-order valence-electron chi connectivity index (χ4n) is 2.20. The molecule has 16 heavy (non-hydrogen) atoms. The lowest BCUT2D eigenvalue weighted by atomic mass is 10.2. The van der Waals surface area contributed by atoms with E-state index >= 15 is 0 Å². The molecule has 0 radical (unpaired) electrons. The van der Waals surface area contributed by atoms with Gasteiger partial charge in [0.2, 0.25) is 15.9 Å². The summed E-state index contributed by atoms with van der Waals surface area (Å²) in [5.41, 5.74) is 0. The Kier molecular flexibility index (Phi) is 3.52. The number of hydrogen-bond acceptors (Lipinski definition) is 3. The SMILES string of the molecule is O=C(NS(=O)(=O)C1CCCCCC1)C1CC1. The molecule has 0 spiro atoms. The largest absolute Gasteiger partial charge is 0.274 e. The van der Waals surface area contributed by atoms with Crippen LogP contribution in [-0.4, -0.2) is 19.6 Å². The highest BCUT2D eigenvalue weighted by Gasteiger charge is 2.35. The van der Waals surface area contributed by atoms with Crippen LogP contribution >= 0.6 is 0 Å². The number of carbonyl (C=O) groups is 1. The van der Waals surface area contributed by atoms with Crippen LogP contribution < -0.4 is 4.72 Å². The van der Waals surface area contributed by atoms with Crippen molar-refractivity contribution >= 4 is 15.9 Å². The van der Waals surface area contributed by atoms with Gasteiger partial charge in [-0.2, -0.15) is 0 Å². The first-order chi connectivity index (χ1) is 7.59. The molecule has 2 aliphatic carbocycles. The second kappa shape index (κ2) is 4.73. The van der Waals surface area contributed by atoms with Gasteiger partial charge in [-0.3, -0.25) is 9.52 Å². The van der Waals surface area contributed by atoms with Crippen LogP contribution in [0.15, 0.2) is 0 Å². The van der Waals surface area contributed by atoms with E-state index in [1.165, 1.54) is 0 Å². The number of sulfonamides is 1. The van der Waals surface area contributed by atoms with E-state index in [0.29, 0.717) is 12.8 Å². The third-order valence-corrected chi connectivity index (χ3v) is 5.27. The van der Waals surface area contributed by atoms with Crippen molar-refractivity contribution in [3.8, 4) is 0 Å². The standard InChI is InChI=1S/C11H19NO3S/c13-11(9-7-8-9)12-16(14,15)10-5-3-1-2-4-6-10/h9-10H,1-8H2,(H,12,13). The number of hydrogen-bond donors (Lipinski definition) is 1. The third-order valence-electron chi connectivity index (χ3n) is 3.43. The molecule has 0 aromatic carbocycles. The second-order valence-corrected chi connectivity index (χ2v) is 6.86. The molecule has 0 atom stereocenters. The Morgan fingerprint density at radius 1 is 0.938 bits per heavy atom. The summed E-state index contributed by atoms with van der Waals surface area (Å²) in [4.78, 5) is 11.5. The Bertz CT molecular complexity index is 351. The van der Waals surface area contributed by atoms with Crippen molar-refractivity contribution in [1.29, 1.82) is 0 Å². The fourth-order valence-corrected chi connectivity index (χ4v) is 3.77. The zero-order chi connectivity index (χ0) is 11.6. The van der Waals surface area contributed by atoms with Crippen LogP contribution in [0.1, 0.15) is 51.4 Å². The molecule has 4 nitrogen and oxygen atoms in total. The highest BCUT2D eigenvalue weighted by atomic mass is 32.2. The summed E-state index contributed by atoms with van der Waals surface area (Å²) < 4.78 is 26.1. The Morgan fingerprint density at radius 3 is 2.00 bits per heavy atom. The van der Waals surface area contributed by atoms with Gasteiger partial charge < -0.3 is 0 Å². The zero-order valence-electron chi connectivity index (χ0n) is 9.44. The first kappa shape index (κ1) is 11.9. The van der Waals surface area contributed by atoms with Crippen LogP contribution in [0.3, 0.4) is 0 Å². The molecule has 2 fully saturated rings. The normalized spacial score (nSPS) is 23.8. The van der Waals surface area contributed by atoms with E-state index in [4.69, 9.17) is 0 Å². The van der Waals surface area contributed by atoms with Crippen LogP contribution in [-0.2, 0) is 14.8 Å². The average Bonchev–Trinajstić information content (AvgIpc) is 3.05. The quantitative estimate of drug-likeness (QED) is 0.768. The number of carbonyl (C=O) groups excluding carboxylic acids is 1. The molecule has 1 amide bonds. The van der Waals surface area contributed by atoms with E-state index in [0.717, 1.165) is 38.5 Å². The molecule has 92 valence electrons. The predicted octanol–water partition coefficient (Wildman–Crippen LogP) is 1.57. The lowest BCUT2D eigenvalue weighted by Crippen LogP contribution is -2.38. The number of nitrogens with one attached hydrogen (secondary N) is 1. The monoisotopic (exact) mass is 245 g/mol. The van der Waals surface area contributed by atoms with Gasteiger partial charge in [0.25, 0.3) is 0 Å². The summed E-state index contributed by atoms with van der Waals surface area (Å²) in [6.07, 6.45) is 7.23. The summed E-state index contributed by atoms with van der Waals surface area (Å²) in [5.74, 6) is -0.329. The molecular formula is C11H19NO3S. The first-order valence-corrected chi connectivity index (χ1v) is 7.70. The highest BCUT2D eigenvalue weighted by molar-refractivity contribution is 7.90. The van der Waals surface area contributed by atoms with Gasteiger partial charge in [0, 0.05) is 5.92 Å². The van der Waals surface area contributed by atoms with Crippen LogP contribution in [0.4, 0.5) is 0 Å². The summed E-state index contributed by atoms with van der Waals surface area (Å²) >= 11 is 0. The molecule has 0 aromatic rings. The van der Waals surface area contributed by atoms with Crippen LogP contribution in [0, 0.1) is 5.92 Å². The Labute approximate surface area is 96.8 Å². The average molecular weight is 245 g/mol. The lowest BCUT2D eigenvalue weighted by molar-refractivity contribution is -0.120. The van der Waals surface area contributed by atoms with Gasteiger partial charge in [-0.05, 0) is 25.7 Å². The minimum absolute atomic E-state index is 0.0412. The summed E-state index contributed by atoms with van der Waals surface area (Å²) in [6.45, 7) is 0. The van der Waals surface area contributed by atoms with Gasteiger partial charge >= 0.3 is 0 Å². The van der Waals surface area contributed by atoms with Crippen LogP contribution in [0.2, 0.25) is 0 Å². The Morgan fingerprint density at radius 2 is 1.50 bits per heavy atom. The zero-order valence-corrected chi connectivity index (χ0v) is 10.3. The second-order valence-electron chi connectivity index (χ2n) is 4.90. The highest BCUT2D eigenvalue weighted by Crippen LogP contribution is 2.30. The van der Waals surface area contributed by atoms with Crippen molar-refractivity contribution in [2.45, 2.75) is 56.6 Å². The van der Waals surface area contributed by atoms with E-state index < -0.39 is 10.0 Å². The Hall–Kier alpha value is -0.580. The van der Waals surface area contributed by atoms with Gasteiger partial charge in [-0.1, -0.05) is 25.7 Å². The molecule has 1 N–H and O–H groups in total. The van der Waals surface area contributed by atoms with Crippen LogP contribution in [0.25, 0.3) is 0 Å². The van der Waals surface area contributed by atoms with Gasteiger partial charge in [0.15, 0.2) is 0 Å². The smallest absolute Gasteiger partial charge is 0.237 e. The summed E-state index contributed by atoms with van der Waals surface area (Å²) in [7, 11) is -3.41. The molecule has 0 aliphatic heterocycles. The summed E-state index contributed by atoms with van der Waals surface area (Å²) in [5, 5.41) is -0.349. The van der Waals surface area contributed by atoms with E-state index in [2.05, 4.69) is 4.72 Å². The van der Waals surface area contributed by atoms with Gasteiger partial charge in [0.05, 0.1) is 5.25 Å². The number of amides is 1. The molecule has 2 saturated carbocycles. The molecular weight excluding hydrogens is 226 g/mol. The van der Waals surface area contributed by atoms with Crippen molar-refractivity contribution < 1.29 is 13.2 Å². The molecule has 0 unspecified atom stereocenters. The molecule has 2 aliphatic rings. The Balaban J connectivity index is 1.96. The third kappa shape index (κ3) is 2.97. The van der Waals surface area contributed by atoms with Gasteiger partial charge in [-0.25, -0.2) is 8.42 Å². The molecule has 0 saturated heterocycles. The predicted molar refractivity (Wildman–Crippen MR) is 61.3 cm³/mol. The maximum atomic E-state index is 11.9. The van der Waals surface area contributed by atoms with E-state index in [1.807, 2.05) is 0 Å². The lowest BCUT2D eigenvalue weighted by Gasteiger charge is -2.15. The first-order valence-electron chi connectivity index (χ1n) is 6.15. The van der Waals surface area contributed by atoms with Crippen molar-refractivity contribution in [1.82, 2.24) is 4.72 Å². The maximum Gasteiger partial charge on any atom is 0.237 e. The molecule has 2 rings (SSSR count). The number of rotatable bonds is 3. The van der Waals surface area contributed by atoms with Crippen molar-refractivity contribution in [2.24, 2.45) is 5.92 Å².